The van der Waals surface area contributed by atoms with E-state index in [1.807, 2.05) is 0 Å². The number of amides is 2. The first-order valence-corrected chi connectivity index (χ1v) is 7.98. The molecule has 0 bridgehead atoms. The van der Waals surface area contributed by atoms with E-state index in [4.69, 9.17) is 0 Å². The van der Waals surface area contributed by atoms with E-state index in [1.165, 1.54) is 4.90 Å². The molecule has 1 N–H and O–H groups in total. The molecule has 11 heteroatoms. The highest BCUT2D eigenvalue weighted by Gasteiger charge is 2.37. The lowest BCUT2D eigenvalue weighted by molar-refractivity contribution is -0.145. The minimum atomic E-state index is -4.58. The number of rotatable bonds is 2. The van der Waals surface area contributed by atoms with Gasteiger partial charge >= 0.3 is 12.2 Å². The molecule has 1 aromatic heterocycles. The molecule has 0 radical (unpaired) electrons. The maximum atomic E-state index is 13.2. The van der Waals surface area contributed by atoms with Gasteiger partial charge < -0.3 is 10.2 Å². The number of carbonyl (C=O) groups is 1. The zero-order valence-electron chi connectivity index (χ0n) is 13.7. The Morgan fingerprint density at radius 3 is 2.48 bits per heavy atom. The van der Waals surface area contributed by atoms with Crippen LogP contribution in [0.2, 0.25) is 0 Å². The number of hydrogen-bond acceptors (Lipinski definition) is 2. The fourth-order valence-electron chi connectivity index (χ4n) is 3.00. The Morgan fingerprint density at radius 1 is 1.19 bits per heavy atom. The van der Waals surface area contributed by atoms with Crippen molar-refractivity contribution < 1.29 is 31.1 Å². The molecular formula is C16H14F6N4O. The van der Waals surface area contributed by atoms with Crippen molar-refractivity contribution in [2.45, 2.75) is 25.1 Å². The number of nitrogens with one attached hydrogen (secondary N) is 1. The molecule has 1 fully saturated rings. The van der Waals surface area contributed by atoms with Gasteiger partial charge in [-0.05, 0) is 18.9 Å². The number of urea groups is 1. The van der Waals surface area contributed by atoms with Gasteiger partial charge in [-0.2, -0.15) is 18.3 Å². The van der Waals surface area contributed by atoms with E-state index >= 15 is 0 Å². The maximum Gasteiger partial charge on any atom is 0.433 e. The van der Waals surface area contributed by atoms with Crippen molar-refractivity contribution in [3.05, 3.63) is 47.5 Å². The van der Waals surface area contributed by atoms with E-state index in [2.05, 4.69) is 10.4 Å². The standard InChI is InChI=1S/C16H14F6N4O/c17-11-6-9(7-12(18)14(11)19)24-15(27)25-5-1-2-10(8-25)26-13(3-4-23-26)16(20,21)22/h3-4,6-7,10H,1-2,5,8H2,(H,24,27). The topological polar surface area (TPSA) is 50.2 Å². The highest BCUT2D eigenvalue weighted by atomic mass is 19.4. The third-order valence-electron chi connectivity index (χ3n) is 4.23. The van der Waals surface area contributed by atoms with Gasteiger partial charge in [-0.1, -0.05) is 0 Å². The number of hydrogen-bond donors (Lipinski definition) is 1. The fourth-order valence-corrected chi connectivity index (χ4v) is 3.00. The number of alkyl halides is 3. The Morgan fingerprint density at radius 2 is 1.85 bits per heavy atom. The van der Waals surface area contributed by atoms with Crippen LogP contribution in [0.25, 0.3) is 0 Å². The van der Waals surface area contributed by atoms with E-state index in [1.54, 1.807) is 0 Å². The second-order valence-electron chi connectivity index (χ2n) is 6.08. The Labute approximate surface area is 149 Å². The first-order valence-electron chi connectivity index (χ1n) is 7.98. The highest BCUT2D eigenvalue weighted by molar-refractivity contribution is 5.89. The third-order valence-corrected chi connectivity index (χ3v) is 4.23. The van der Waals surface area contributed by atoms with Crippen LogP contribution >= 0.6 is 0 Å². The van der Waals surface area contributed by atoms with Gasteiger partial charge in [0.2, 0.25) is 0 Å². The summed E-state index contributed by atoms with van der Waals surface area (Å²) in [6.07, 6.45) is -2.74. The second-order valence-corrected chi connectivity index (χ2v) is 6.08. The molecule has 27 heavy (non-hydrogen) atoms. The number of piperidine rings is 1. The van der Waals surface area contributed by atoms with Crippen LogP contribution in [-0.4, -0.2) is 33.8 Å². The average molecular weight is 392 g/mol. The lowest BCUT2D eigenvalue weighted by Gasteiger charge is -2.33. The molecular weight excluding hydrogens is 378 g/mol. The Kier molecular flexibility index (Phi) is 5.03. The molecule has 2 amide bonds. The average Bonchev–Trinajstić information content (AvgIpc) is 3.10. The van der Waals surface area contributed by atoms with Gasteiger partial charge in [0.25, 0.3) is 0 Å². The quantitative estimate of drug-likeness (QED) is 0.616. The van der Waals surface area contributed by atoms with Crippen LogP contribution in [0.5, 0.6) is 0 Å². The normalized spacial score (nSPS) is 17.9. The molecule has 0 saturated carbocycles. The van der Waals surface area contributed by atoms with Crippen molar-refractivity contribution in [3.8, 4) is 0 Å². The summed E-state index contributed by atoms with van der Waals surface area (Å²) in [5.74, 6) is -4.59. The van der Waals surface area contributed by atoms with Crippen molar-refractivity contribution in [3.63, 3.8) is 0 Å². The summed E-state index contributed by atoms with van der Waals surface area (Å²) in [5.41, 5.74) is -1.22. The molecule has 146 valence electrons. The zero-order valence-corrected chi connectivity index (χ0v) is 13.7. The van der Waals surface area contributed by atoms with Crippen molar-refractivity contribution in [2.24, 2.45) is 0 Å². The summed E-state index contributed by atoms with van der Waals surface area (Å²) in [6.45, 7) is 0.180. The summed E-state index contributed by atoms with van der Waals surface area (Å²) in [7, 11) is 0. The van der Waals surface area contributed by atoms with Gasteiger partial charge in [-0.15, -0.1) is 0 Å². The summed E-state index contributed by atoms with van der Waals surface area (Å²) < 4.78 is 79.4. The Balaban J connectivity index is 1.73. The summed E-state index contributed by atoms with van der Waals surface area (Å²) in [4.78, 5) is 13.5. The van der Waals surface area contributed by atoms with E-state index in [-0.39, 0.29) is 18.8 Å². The molecule has 3 rings (SSSR count). The fraction of sp³-hybridized carbons (Fsp3) is 0.375. The molecule has 2 aromatic rings. The molecule has 1 unspecified atom stereocenters. The van der Waals surface area contributed by atoms with Crippen LogP contribution in [0.4, 0.5) is 36.8 Å². The first-order chi connectivity index (χ1) is 12.7. The lowest BCUT2D eigenvalue weighted by Crippen LogP contribution is -2.43. The molecule has 1 aliphatic rings. The molecule has 1 aromatic carbocycles. The minimum absolute atomic E-state index is 0.0667. The summed E-state index contributed by atoms with van der Waals surface area (Å²) in [6, 6.07) is 0.631. The number of nitrogens with zero attached hydrogens (tertiary/aromatic N) is 3. The van der Waals surface area contributed by atoms with Gasteiger partial charge in [-0.3, -0.25) is 4.68 Å². The highest BCUT2D eigenvalue weighted by Crippen LogP contribution is 2.33. The van der Waals surface area contributed by atoms with Gasteiger partial charge in [0.1, 0.15) is 5.69 Å². The number of aromatic nitrogens is 2. The number of carbonyl (C=O) groups excluding carboxylic acids is 1. The number of likely N-dealkylation sites (tertiary alicyclic amines) is 1. The van der Waals surface area contributed by atoms with Crippen LogP contribution in [0.3, 0.4) is 0 Å². The van der Waals surface area contributed by atoms with E-state index in [0.717, 1.165) is 16.9 Å². The van der Waals surface area contributed by atoms with Crippen molar-refractivity contribution in [1.29, 1.82) is 0 Å². The van der Waals surface area contributed by atoms with Gasteiger partial charge in [0, 0.05) is 37.1 Å². The molecule has 1 aliphatic heterocycles. The largest absolute Gasteiger partial charge is 0.433 e. The van der Waals surface area contributed by atoms with Gasteiger partial charge in [0.05, 0.1) is 6.04 Å². The van der Waals surface area contributed by atoms with E-state index in [9.17, 15) is 31.1 Å². The number of benzene rings is 1. The molecule has 0 aliphatic carbocycles. The molecule has 1 atom stereocenters. The molecule has 5 nitrogen and oxygen atoms in total. The van der Waals surface area contributed by atoms with Gasteiger partial charge in [0.15, 0.2) is 17.5 Å². The van der Waals surface area contributed by atoms with Crippen molar-refractivity contribution in [2.75, 3.05) is 18.4 Å². The number of anilines is 1. The predicted octanol–water partition coefficient (Wildman–Crippen LogP) is 4.19. The van der Waals surface area contributed by atoms with Crippen LogP contribution in [0.1, 0.15) is 24.6 Å². The maximum absolute atomic E-state index is 13.2. The lowest BCUT2D eigenvalue weighted by atomic mass is 10.1. The van der Waals surface area contributed by atoms with Crippen LogP contribution in [0.15, 0.2) is 24.4 Å². The third kappa shape index (κ3) is 4.01. The van der Waals surface area contributed by atoms with Crippen LogP contribution in [0, 0.1) is 17.5 Å². The first kappa shape index (κ1) is 19.1. The Hall–Kier alpha value is -2.72. The van der Waals surface area contributed by atoms with Crippen LogP contribution in [-0.2, 0) is 6.18 Å². The smallest absolute Gasteiger partial charge is 0.322 e. The summed E-state index contributed by atoms with van der Waals surface area (Å²) >= 11 is 0. The van der Waals surface area contributed by atoms with Crippen molar-refractivity contribution in [1.82, 2.24) is 14.7 Å². The summed E-state index contributed by atoms with van der Waals surface area (Å²) in [5, 5.41) is 5.93. The molecule has 0 spiro atoms. The predicted molar refractivity (Wildman–Crippen MR) is 82.4 cm³/mol. The second kappa shape index (κ2) is 7.12. The van der Waals surface area contributed by atoms with Crippen molar-refractivity contribution >= 4 is 11.7 Å². The monoisotopic (exact) mass is 392 g/mol. The van der Waals surface area contributed by atoms with Gasteiger partial charge in [-0.25, -0.2) is 18.0 Å². The SMILES string of the molecule is O=C(Nc1cc(F)c(F)c(F)c1)N1CCCC(n2nccc2C(F)(F)F)C1. The minimum Gasteiger partial charge on any atom is -0.322 e. The number of halogens is 6. The Bertz CT molecular complexity index is 827. The van der Waals surface area contributed by atoms with E-state index < -0.39 is 41.4 Å². The van der Waals surface area contributed by atoms with E-state index in [0.29, 0.717) is 25.0 Å². The molecule has 2 heterocycles. The van der Waals surface area contributed by atoms with Crippen LogP contribution < -0.4 is 5.32 Å². The molecule has 1 saturated heterocycles. The zero-order chi connectivity index (χ0) is 19.8.